The smallest absolute Gasteiger partial charge is 0.256 e. The molecule has 1 aromatic carbocycles. The number of carbonyl (C=O) groups excluding carboxylic acids is 1. The first-order chi connectivity index (χ1) is 10.6. The molecule has 3 N–H and O–H groups in total. The molecule has 0 atom stereocenters. The van der Waals surface area contributed by atoms with Gasteiger partial charge in [0.1, 0.15) is 11.3 Å². The van der Waals surface area contributed by atoms with Crippen molar-refractivity contribution in [2.75, 3.05) is 5.32 Å². The lowest BCUT2D eigenvalue weighted by atomic mass is 10.2. The molecule has 4 rings (SSSR count). The van der Waals surface area contributed by atoms with Crippen LogP contribution in [0.2, 0.25) is 0 Å². The summed E-state index contributed by atoms with van der Waals surface area (Å²) >= 11 is 0. The van der Waals surface area contributed by atoms with Gasteiger partial charge < -0.3 is 15.4 Å². The number of aromatic amines is 1. The molecule has 22 heavy (non-hydrogen) atoms. The number of fused-ring (bicyclic) bond motifs is 1. The van der Waals surface area contributed by atoms with Crippen LogP contribution in [0, 0.1) is 0 Å². The maximum absolute atomic E-state index is 11.9. The van der Waals surface area contributed by atoms with Gasteiger partial charge in [-0.2, -0.15) is 0 Å². The van der Waals surface area contributed by atoms with Crippen LogP contribution in [0.25, 0.3) is 22.6 Å². The monoisotopic (exact) mass is 294 g/mol. The second-order valence-corrected chi connectivity index (χ2v) is 5.52. The minimum Gasteiger partial charge on any atom is -0.380 e. The largest absolute Gasteiger partial charge is 0.380 e. The Labute approximate surface area is 126 Å². The van der Waals surface area contributed by atoms with Crippen LogP contribution in [0.4, 0.5) is 5.69 Å². The molecule has 0 radical (unpaired) electrons. The van der Waals surface area contributed by atoms with E-state index in [1.165, 1.54) is 0 Å². The molecule has 2 aromatic heterocycles. The van der Waals surface area contributed by atoms with Gasteiger partial charge in [0.05, 0.1) is 11.0 Å². The SMILES string of the molecule is O=C(Nc1ccc2nc(-c3ccccn3)[nH]c2c1)C1(O)CC1. The fourth-order valence-corrected chi connectivity index (χ4v) is 2.30. The zero-order valence-electron chi connectivity index (χ0n) is 11.7. The molecule has 110 valence electrons. The maximum atomic E-state index is 11.9. The van der Waals surface area contributed by atoms with E-state index in [1.807, 2.05) is 24.3 Å². The molecule has 3 aromatic rings. The van der Waals surface area contributed by atoms with Gasteiger partial charge in [-0.05, 0) is 43.2 Å². The second-order valence-electron chi connectivity index (χ2n) is 5.52. The Morgan fingerprint density at radius 2 is 2.14 bits per heavy atom. The van der Waals surface area contributed by atoms with E-state index < -0.39 is 5.60 Å². The summed E-state index contributed by atoms with van der Waals surface area (Å²) in [5.74, 6) is 0.330. The number of rotatable bonds is 3. The molecule has 1 saturated carbocycles. The van der Waals surface area contributed by atoms with Gasteiger partial charge in [0, 0.05) is 11.9 Å². The number of aliphatic hydroxyl groups is 1. The number of pyridine rings is 1. The predicted octanol–water partition coefficient (Wildman–Crippen LogP) is 2.09. The molecule has 0 saturated heterocycles. The summed E-state index contributed by atoms with van der Waals surface area (Å²) in [6.45, 7) is 0. The Balaban J connectivity index is 1.65. The highest BCUT2D eigenvalue weighted by Crippen LogP contribution is 2.36. The van der Waals surface area contributed by atoms with Gasteiger partial charge in [-0.25, -0.2) is 4.98 Å². The average Bonchev–Trinajstić information content (AvgIpc) is 3.15. The van der Waals surface area contributed by atoms with Crippen molar-refractivity contribution in [3.8, 4) is 11.5 Å². The first kappa shape index (κ1) is 13.0. The lowest BCUT2D eigenvalue weighted by Crippen LogP contribution is -2.29. The van der Waals surface area contributed by atoms with Crippen molar-refractivity contribution < 1.29 is 9.90 Å². The number of H-pyrrole nitrogens is 1. The van der Waals surface area contributed by atoms with Gasteiger partial charge in [-0.15, -0.1) is 0 Å². The predicted molar refractivity (Wildman–Crippen MR) is 82.1 cm³/mol. The van der Waals surface area contributed by atoms with Crippen LogP contribution in [0.5, 0.6) is 0 Å². The van der Waals surface area contributed by atoms with Gasteiger partial charge in [0.25, 0.3) is 5.91 Å². The number of aromatic nitrogens is 3. The Kier molecular flexibility index (Phi) is 2.74. The van der Waals surface area contributed by atoms with Crippen molar-refractivity contribution in [3.63, 3.8) is 0 Å². The van der Waals surface area contributed by atoms with Crippen molar-refractivity contribution in [2.24, 2.45) is 0 Å². The van der Waals surface area contributed by atoms with Crippen molar-refractivity contribution in [1.29, 1.82) is 0 Å². The number of nitrogens with one attached hydrogen (secondary N) is 2. The van der Waals surface area contributed by atoms with Crippen molar-refractivity contribution >= 4 is 22.6 Å². The standard InChI is InChI=1S/C16H14N4O2/c21-15(16(22)6-7-16)18-10-4-5-11-13(9-10)20-14(19-11)12-3-1-2-8-17-12/h1-5,8-9,22H,6-7H2,(H,18,21)(H,19,20). The van der Waals surface area contributed by atoms with Gasteiger partial charge >= 0.3 is 0 Å². The summed E-state index contributed by atoms with van der Waals surface area (Å²) in [6.07, 6.45) is 2.76. The van der Waals surface area contributed by atoms with Gasteiger partial charge in [0.2, 0.25) is 0 Å². The number of benzene rings is 1. The van der Waals surface area contributed by atoms with Crippen LogP contribution in [0.1, 0.15) is 12.8 Å². The number of hydrogen-bond donors (Lipinski definition) is 3. The number of imidazole rings is 1. The van der Waals surface area contributed by atoms with Crippen LogP contribution < -0.4 is 5.32 Å². The number of nitrogens with zero attached hydrogens (tertiary/aromatic N) is 2. The molecule has 0 bridgehead atoms. The molecule has 1 fully saturated rings. The highest BCUT2D eigenvalue weighted by Gasteiger charge is 2.48. The van der Waals surface area contributed by atoms with Gasteiger partial charge in [-0.1, -0.05) is 6.07 Å². The van der Waals surface area contributed by atoms with E-state index in [2.05, 4.69) is 20.3 Å². The summed E-state index contributed by atoms with van der Waals surface area (Å²) in [6, 6.07) is 11.0. The van der Waals surface area contributed by atoms with Crippen molar-refractivity contribution in [3.05, 3.63) is 42.6 Å². The van der Waals surface area contributed by atoms with E-state index in [-0.39, 0.29) is 5.91 Å². The summed E-state index contributed by atoms with van der Waals surface area (Å²) < 4.78 is 0. The van der Waals surface area contributed by atoms with Crippen molar-refractivity contribution in [1.82, 2.24) is 15.0 Å². The lowest BCUT2D eigenvalue weighted by Gasteiger charge is -2.08. The van der Waals surface area contributed by atoms with E-state index in [4.69, 9.17) is 0 Å². The van der Waals surface area contributed by atoms with E-state index >= 15 is 0 Å². The van der Waals surface area contributed by atoms with Gasteiger partial charge in [-0.3, -0.25) is 9.78 Å². The highest BCUT2D eigenvalue weighted by molar-refractivity contribution is 6.00. The lowest BCUT2D eigenvalue weighted by molar-refractivity contribution is -0.125. The number of hydrogen-bond acceptors (Lipinski definition) is 4. The summed E-state index contributed by atoms with van der Waals surface area (Å²) in [4.78, 5) is 23.8. The first-order valence-corrected chi connectivity index (χ1v) is 7.09. The molecule has 2 heterocycles. The third-order valence-corrected chi connectivity index (χ3v) is 3.79. The summed E-state index contributed by atoms with van der Waals surface area (Å²) in [5.41, 5.74) is 1.82. The van der Waals surface area contributed by atoms with Crippen LogP contribution in [0.15, 0.2) is 42.6 Å². The molecule has 1 amide bonds. The quantitative estimate of drug-likeness (QED) is 0.690. The summed E-state index contributed by atoms with van der Waals surface area (Å²) in [5, 5.41) is 12.5. The molecule has 0 aliphatic heterocycles. The zero-order valence-corrected chi connectivity index (χ0v) is 11.7. The number of amides is 1. The first-order valence-electron chi connectivity index (χ1n) is 7.09. The maximum Gasteiger partial charge on any atom is 0.256 e. The highest BCUT2D eigenvalue weighted by atomic mass is 16.3. The number of anilines is 1. The van der Waals surface area contributed by atoms with Crippen molar-refractivity contribution in [2.45, 2.75) is 18.4 Å². The Bertz CT molecular complexity index is 853. The van der Waals surface area contributed by atoms with E-state index in [9.17, 15) is 9.90 Å². The van der Waals surface area contributed by atoms with Crippen LogP contribution in [0.3, 0.4) is 0 Å². The normalized spacial score (nSPS) is 15.7. The Hall–Kier alpha value is -2.73. The van der Waals surface area contributed by atoms with Crippen LogP contribution >= 0.6 is 0 Å². The zero-order chi connectivity index (χ0) is 15.2. The third kappa shape index (κ3) is 2.23. The summed E-state index contributed by atoms with van der Waals surface area (Å²) in [7, 11) is 0. The molecular formula is C16H14N4O2. The van der Waals surface area contributed by atoms with Crippen LogP contribution in [-0.2, 0) is 4.79 Å². The molecule has 0 spiro atoms. The minimum atomic E-state index is -1.18. The third-order valence-electron chi connectivity index (χ3n) is 3.79. The molecule has 0 unspecified atom stereocenters. The fourth-order valence-electron chi connectivity index (χ4n) is 2.30. The molecule has 1 aliphatic rings. The molecule has 6 nitrogen and oxygen atoms in total. The topological polar surface area (TPSA) is 90.9 Å². The fraction of sp³-hybridized carbons (Fsp3) is 0.188. The van der Waals surface area contributed by atoms with Gasteiger partial charge in [0.15, 0.2) is 5.82 Å². The molecule has 6 heteroatoms. The van der Waals surface area contributed by atoms with E-state index in [0.29, 0.717) is 24.4 Å². The Morgan fingerprint density at radius 1 is 1.27 bits per heavy atom. The minimum absolute atomic E-state index is 0.351. The van der Waals surface area contributed by atoms with Crippen LogP contribution in [-0.4, -0.2) is 31.6 Å². The second kappa shape index (κ2) is 4.64. The Morgan fingerprint density at radius 3 is 2.86 bits per heavy atom. The average molecular weight is 294 g/mol. The van der Waals surface area contributed by atoms with E-state index in [1.54, 1.807) is 18.3 Å². The number of carbonyl (C=O) groups is 1. The molecule has 1 aliphatic carbocycles. The van der Waals surface area contributed by atoms with E-state index in [0.717, 1.165) is 16.7 Å². The molecular weight excluding hydrogens is 280 g/mol.